The Balaban J connectivity index is 0.000000908. The molecule has 9 N–H and O–H groups in total. The summed E-state index contributed by atoms with van der Waals surface area (Å²) in [6.07, 6.45) is -2.32. The quantitative estimate of drug-likeness (QED) is 0.0925. The number of likely N-dealkylation sites (tertiary alicyclic amines) is 1. The molecule has 2 heterocycles. The highest BCUT2D eigenvalue weighted by Crippen LogP contribution is 2.23. The summed E-state index contributed by atoms with van der Waals surface area (Å²) in [5.41, 5.74) is 8.49. The number of carbonyl (C=O) groups excluding carboxylic acids is 4. The van der Waals surface area contributed by atoms with Crippen LogP contribution in [0, 0.1) is 0 Å². The Labute approximate surface area is 318 Å². The number of halogens is 3. The zero-order valence-electron chi connectivity index (χ0n) is 29.8. The van der Waals surface area contributed by atoms with Crippen molar-refractivity contribution in [1.29, 1.82) is 0 Å². The molecule has 1 saturated heterocycles. The van der Waals surface area contributed by atoms with Crippen LogP contribution in [0.4, 0.5) is 13.2 Å². The van der Waals surface area contributed by atoms with Gasteiger partial charge in [-0.05, 0) is 47.7 Å². The number of benzene rings is 3. The van der Waals surface area contributed by atoms with Gasteiger partial charge in [-0.2, -0.15) is 13.2 Å². The fourth-order valence-electron chi connectivity index (χ4n) is 6.14. The number of rotatable bonds is 14. The van der Waals surface area contributed by atoms with E-state index in [2.05, 4.69) is 20.9 Å². The Morgan fingerprint density at radius 2 is 1.41 bits per heavy atom. The second-order valence-electron chi connectivity index (χ2n) is 12.9. The van der Waals surface area contributed by atoms with Gasteiger partial charge >= 0.3 is 18.1 Å². The van der Waals surface area contributed by atoms with Crippen molar-refractivity contribution in [2.75, 3.05) is 13.1 Å². The fourth-order valence-corrected chi connectivity index (χ4v) is 6.14. The summed E-state index contributed by atoms with van der Waals surface area (Å²) in [6, 6.07) is 18.2. The molecular weight excluding hydrogens is 741 g/mol. The molecule has 0 bridgehead atoms. The highest BCUT2D eigenvalue weighted by Gasteiger charge is 2.40. The summed E-state index contributed by atoms with van der Waals surface area (Å²) >= 11 is 0. The zero-order valence-corrected chi connectivity index (χ0v) is 29.8. The summed E-state index contributed by atoms with van der Waals surface area (Å²) in [6.45, 7) is -0.0888. The van der Waals surface area contributed by atoms with Gasteiger partial charge in [0.2, 0.25) is 23.6 Å². The lowest BCUT2D eigenvalue weighted by Gasteiger charge is -2.30. The van der Waals surface area contributed by atoms with E-state index < -0.39 is 65.9 Å². The monoisotopic (exact) mass is 782 g/mol. The summed E-state index contributed by atoms with van der Waals surface area (Å²) in [5.74, 6) is -6.22. The number of para-hydroxylation sites is 1. The summed E-state index contributed by atoms with van der Waals surface area (Å²) < 4.78 is 31.7. The molecule has 4 atom stereocenters. The molecule has 0 aliphatic carbocycles. The molecule has 4 aromatic rings. The standard InChI is InChI=1S/C36H40N6O7.C2HF3O2/c37-20-32(44)39-29(17-23-12-14-25(43)15-13-23)35(47)42-16-6-11-31(42)34(46)40-28(19-24-21-38-27-10-5-4-9-26(24)27)33(45)41-30(36(48)49)18-22-7-2-1-3-8-22;3-2(4,5)1(6)7/h1-5,7-10,12-15,21,28-31,38,43H,6,11,16-20,37H2,(H,39,44)(H,40,46)(H,41,45)(H,48,49);(H,6,7)/t28-,29-,30+,31+;/m0./s1. The molecule has 1 fully saturated rings. The number of aliphatic carboxylic acids is 2. The van der Waals surface area contributed by atoms with E-state index in [1.165, 1.54) is 17.0 Å². The van der Waals surface area contributed by atoms with Crippen LogP contribution in [0.25, 0.3) is 10.9 Å². The van der Waals surface area contributed by atoms with Gasteiger partial charge in [-0.1, -0.05) is 60.7 Å². The molecule has 0 unspecified atom stereocenters. The van der Waals surface area contributed by atoms with E-state index in [1.54, 1.807) is 42.6 Å². The molecule has 298 valence electrons. The predicted molar refractivity (Wildman–Crippen MR) is 195 cm³/mol. The van der Waals surface area contributed by atoms with Crippen LogP contribution in [0.2, 0.25) is 0 Å². The van der Waals surface area contributed by atoms with Crippen LogP contribution < -0.4 is 21.7 Å². The van der Waals surface area contributed by atoms with Gasteiger partial charge in [0.15, 0.2) is 0 Å². The van der Waals surface area contributed by atoms with Gasteiger partial charge in [0.05, 0.1) is 6.54 Å². The molecule has 4 amide bonds. The van der Waals surface area contributed by atoms with Crippen LogP contribution in [-0.4, -0.2) is 104 Å². The van der Waals surface area contributed by atoms with Crippen molar-refractivity contribution in [3.05, 3.63) is 102 Å². The lowest BCUT2D eigenvalue weighted by molar-refractivity contribution is -0.192. The number of phenols is 1. The largest absolute Gasteiger partial charge is 0.508 e. The van der Waals surface area contributed by atoms with Crippen molar-refractivity contribution in [2.45, 2.75) is 62.4 Å². The minimum atomic E-state index is -5.08. The number of nitrogens with two attached hydrogens (primary N) is 1. The van der Waals surface area contributed by atoms with Crippen LogP contribution >= 0.6 is 0 Å². The van der Waals surface area contributed by atoms with Crippen molar-refractivity contribution in [3.63, 3.8) is 0 Å². The minimum Gasteiger partial charge on any atom is -0.508 e. The minimum absolute atomic E-state index is 0.0392. The normalized spacial score (nSPS) is 15.4. The third-order valence-electron chi connectivity index (χ3n) is 8.91. The lowest BCUT2D eigenvalue weighted by atomic mass is 10.0. The van der Waals surface area contributed by atoms with Gasteiger partial charge in [0.1, 0.15) is 29.9 Å². The van der Waals surface area contributed by atoms with Crippen LogP contribution in [0.1, 0.15) is 29.5 Å². The number of nitrogens with one attached hydrogen (secondary N) is 4. The van der Waals surface area contributed by atoms with Gasteiger partial charge in [-0.25, -0.2) is 9.59 Å². The number of fused-ring (bicyclic) bond motifs is 1. The van der Waals surface area contributed by atoms with Crippen molar-refractivity contribution < 1.29 is 57.3 Å². The number of hydrogen-bond acceptors (Lipinski definition) is 8. The maximum Gasteiger partial charge on any atom is 0.490 e. The number of carboxylic acids is 2. The van der Waals surface area contributed by atoms with Gasteiger partial charge < -0.3 is 46.9 Å². The first-order valence-electron chi connectivity index (χ1n) is 17.4. The van der Waals surface area contributed by atoms with E-state index in [4.69, 9.17) is 15.6 Å². The lowest BCUT2D eigenvalue weighted by Crippen LogP contribution is -2.58. The maximum atomic E-state index is 13.9. The van der Waals surface area contributed by atoms with Gasteiger partial charge in [0, 0.05) is 42.9 Å². The average Bonchev–Trinajstić information content (AvgIpc) is 3.83. The second kappa shape index (κ2) is 19.2. The van der Waals surface area contributed by atoms with Gasteiger partial charge in [-0.15, -0.1) is 0 Å². The third kappa shape index (κ3) is 11.8. The van der Waals surface area contributed by atoms with Crippen molar-refractivity contribution in [2.24, 2.45) is 5.73 Å². The molecule has 5 rings (SSSR count). The van der Waals surface area contributed by atoms with Crippen LogP contribution in [0.3, 0.4) is 0 Å². The first-order chi connectivity index (χ1) is 26.6. The number of phenolic OH excluding ortho intramolecular Hbond substituents is 1. The number of carboxylic acid groups (broad SMARTS) is 2. The molecule has 0 spiro atoms. The van der Waals surface area contributed by atoms with E-state index in [9.17, 15) is 47.4 Å². The molecule has 56 heavy (non-hydrogen) atoms. The van der Waals surface area contributed by atoms with Crippen molar-refractivity contribution in [1.82, 2.24) is 25.8 Å². The molecule has 3 aromatic carbocycles. The van der Waals surface area contributed by atoms with E-state index in [0.29, 0.717) is 18.4 Å². The average molecular weight is 783 g/mol. The third-order valence-corrected chi connectivity index (χ3v) is 8.91. The van der Waals surface area contributed by atoms with Crippen LogP contribution in [0.5, 0.6) is 5.75 Å². The van der Waals surface area contributed by atoms with Gasteiger partial charge in [0.25, 0.3) is 0 Å². The topological polar surface area (TPSA) is 244 Å². The van der Waals surface area contributed by atoms with Crippen molar-refractivity contribution in [3.8, 4) is 5.75 Å². The number of nitrogens with zero attached hydrogens (tertiary/aromatic N) is 1. The Morgan fingerprint density at radius 1 is 0.804 bits per heavy atom. The molecule has 0 radical (unpaired) electrons. The highest BCUT2D eigenvalue weighted by molar-refractivity contribution is 5.96. The molecule has 15 nitrogen and oxygen atoms in total. The fraction of sp³-hybridized carbons (Fsp3) is 0.316. The van der Waals surface area contributed by atoms with E-state index in [0.717, 1.165) is 22.0 Å². The number of aromatic hydroxyl groups is 1. The zero-order chi connectivity index (χ0) is 41.0. The van der Waals surface area contributed by atoms with E-state index in [-0.39, 0.29) is 38.1 Å². The second-order valence-corrected chi connectivity index (χ2v) is 12.9. The van der Waals surface area contributed by atoms with Crippen molar-refractivity contribution >= 4 is 46.5 Å². The Kier molecular flexibility index (Phi) is 14.5. The number of aromatic amines is 1. The Morgan fingerprint density at radius 3 is 2.04 bits per heavy atom. The molecular formula is C38H41F3N6O9. The predicted octanol–water partition coefficient (Wildman–Crippen LogP) is 2.02. The maximum absolute atomic E-state index is 13.9. The first kappa shape index (κ1) is 42.3. The molecule has 18 heteroatoms. The SMILES string of the molecule is NCC(=O)N[C@@H](Cc1ccc(O)cc1)C(=O)N1CCC[C@@H]1C(=O)N[C@@H](Cc1c[nH]c2ccccc12)C(=O)N[C@H](Cc1ccccc1)C(=O)O.O=C(O)C(F)(F)F. The number of hydrogen-bond donors (Lipinski definition) is 8. The number of aromatic nitrogens is 1. The summed E-state index contributed by atoms with van der Waals surface area (Å²) in [5, 5.41) is 35.7. The van der Waals surface area contributed by atoms with E-state index >= 15 is 0 Å². The van der Waals surface area contributed by atoms with E-state index in [1.807, 2.05) is 30.3 Å². The molecule has 0 saturated carbocycles. The Bertz CT molecular complexity index is 2010. The van der Waals surface area contributed by atoms with Gasteiger partial charge in [-0.3, -0.25) is 19.2 Å². The number of alkyl halides is 3. The Hall–Kier alpha value is -6.43. The summed E-state index contributed by atoms with van der Waals surface area (Å²) in [7, 11) is 0. The first-order valence-corrected chi connectivity index (χ1v) is 17.4. The molecule has 1 aliphatic rings. The summed E-state index contributed by atoms with van der Waals surface area (Å²) in [4.78, 5) is 79.6. The van der Waals surface area contributed by atoms with Crippen LogP contribution in [-0.2, 0) is 48.0 Å². The molecule has 1 aromatic heterocycles. The molecule has 1 aliphatic heterocycles. The highest BCUT2D eigenvalue weighted by atomic mass is 19.4. The number of carbonyl (C=O) groups is 6. The number of H-pyrrole nitrogens is 1. The van der Waals surface area contributed by atoms with Crippen LogP contribution in [0.15, 0.2) is 85.1 Å². The smallest absolute Gasteiger partial charge is 0.490 e. The number of amides is 4.